The first-order chi connectivity index (χ1) is 7.15. The van der Waals surface area contributed by atoms with Crippen molar-refractivity contribution in [2.75, 3.05) is 0 Å². The lowest BCUT2D eigenvalue weighted by atomic mass is 10.3. The Bertz CT molecular complexity index is 529. The third kappa shape index (κ3) is 2.47. The molecule has 4 nitrogen and oxygen atoms in total. The number of hydrogen-bond acceptors (Lipinski definition) is 2. The van der Waals surface area contributed by atoms with Crippen LogP contribution in [0, 0.1) is 3.57 Å². The summed E-state index contributed by atoms with van der Waals surface area (Å²) in [5.74, 6) is 0. The fourth-order valence-corrected chi connectivity index (χ4v) is 1.89. The van der Waals surface area contributed by atoms with Gasteiger partial charge in [0.1, 0.15) is 0 Å². The van der Waals surface area contributed by atoms with Gasteiger partial charge in [-0.1, -0.05) is 0 Å². The fourth-order valence-electron chi connectivity index (χ4n) is 1.38. The fraction of sp³-hybridized carbons (Fsp3) is 0.200. The van der Waals surface area contributed by atoms with Gasteiger partial charge in [0, 0.05) is 34.6 Å². The van der Waals surface area contributed by atoms with E-state index in [1.54, 1.807) is 21.5 Å². The monoisotopic (exact) mass is 315 g/mol. The minimum Gasteiger partial charge on any atom is -0.310 e. The van der Waals surface area contributed by atoms with Gasteiger partial charge in [0.05, 0.1) is 12.7 Å². The van der Waals surface area contributed by atoms with Gasteiger partial charge < -0.3 is 4.57 Å². The van der Waals surface area contributed by atoms with Crippen molar-refractivity contribution in [3.63, 3.8) is 0 Å². The van der Waals surface area contributed by atoms with Crippen molar-refractivity contribution >= 4 is 22.6 Å². The van der Waals surface area contributed by atoms with Crippen molar-refractivity contribution in [1.29, 1.82) is 0 Å². The van der Waals surface area contributed by atoms with E-state index in [0.29, 0.717) is 6.54 Å². The molecule has 0 aliphatic rings. The molecule has 78 valence electrons. The van der Waals surface area contributed by atoms with Crippen LogP contribution in [0.3, 0.4) is 0 Å². The third-order valence-corrected chi connectivity index (χ3v) is 2.70. The lowest BCUT2D eigenvalue weighted by molar-refractivity contribution is 0.747. The lowest BCUT2D eigenvalue weighted by Gasteiger charge is -2.03. The van der Waals surface area contributed by atoms with Gasteiger partial charge in [0.2, 0.25) is 0 Å². The number of pyridine rings is 1. The molecule has 0 atom stereocenters. The van der Waals surface area contributed by atoms with Gasteiger partial charge in [-0.25, -0.2) is 0 Å². The van der Waals surface area contributed by atoms with E-state index in [9.17, 15) is 4.79 Å². The SMILES string of the molecule is Cn1cc(Cn2cc(I)ccc2=O)cn1. The van der Waals surface area contributed by atoms with Crippen molar-refractivity contribution in [1.82, 2.24) is 14.3 Å². The van der Waals surface area contributed by atoms with Crippen LogP contribution < -0.4 is 5.56 Å². The molecule has 0 radical (unpaired) electrons. The van der Waals surface area contributed by atoms with Crippen LogP contribution in [-0.4, -0.2) is 14.3 Å². The van der Waals surface area contributed by atoms with E-state index in [4.69, 9.17) is 0 Å². The number of aromatic nitrogens is 3. The smallest absolute Gasteiger partial charge is 0.250 e. The van der Waals surface area contributed by atoms with Crippen molar-refractivity contribution in [2.45, 2.75) is 6.54 Å². The molecule has 2 rings (SSSR count). The highest BCUT2D eigenvalue weighted by Gasteiger charge is 2.00. The molecule has 0 saturated heterocycles. The molecule has 0 aliphatic carbocycles. The molecule has 0 unspecified atom stereocenters. The molecule has 0 amide bonds. The molecule has 2 heterocycles. The van der Waals surface area contributed by atoms with E-state index >= 15 is 0 Å². The van der Waals surface area contributed by atoms with Crippen LogP contribution >= 0.6 is 22.6 Å². The first kappa shape index (κ1) is 10.4. The summed E-state index contributed by atoms with van der Waals surface area (Å²) in [5.41, 5.74) is 1.04. The molecule has 0 bridgehead atoms. The minimum absolute atomic E-state index is 0.0132. The highest BCUT2D eigenvalue weighted by atomic mass is 127. The summed E-state index contributed by atoms with van der Waals surface area (Å²) in [4.78, 5) is 11.5. The van der Waals surface area contributed by atoms with Gasteiger partial charge in [0.25, 0.3) is 5.56 Å². The van der Waals surface area contributed by atoms with Crippen LogP contribution in [0.4, 0.5) is 0 Å². The van der Waals surface area contributed by atoms with Gasteiger partial charge in [-0.15, -0.1) is 0 Å². The maximum atomic E-state index is 11.5. The summed E-state index contributed by atoms with van der Waals surface area (Å²) >= 11 is 2.19. The maximum absolute atomic E-state index is 11.5. The number of aryl methyl sites for hydroxylation is 1. The molecular formula is C10H10IN3O. The van der Waals surface area contributed by atoms with Crippen LogP contribution in [0.5, 0.6) is 0 Å². The van der Waals surface area contributed by atoms with Crippen molar-refractivity contribution in [3.8, 4) is 0 Å². The zero-order valence-electron chi connectivity index (χ0n) is 8.22. The Hall–Kier alpha value is -1.11. The molecule has 2 aromatic heterocycles. The number of nitrogens with zero attached hydrogens (tertiary/aromatic N) is 3. The quantitative estimate of drug-likeness (QED) is 0.782. The largest absolute Gasteiger partial charge is 0.310 e. The van der Waals surface area contributed by atoms with Crippen LogP contribution in [0.1, 0.15) is 5.56 Å². The maximum Gasteiger partial charge on any atom is 0.250 e. The molecule has 0 saturated carbocycles. The highest BCUT2D eigenvalue weighted by molar-refractivity contribution is 14.1. The van der Waals surface area contributed by atoms with Gasteiger partial charge in [-0.2, -0.15) is 5.10 Å². The van der Waals surface area contributed by atoms with Crippen molar-refractivity contribution in [2.24, 2.45) is 7.05 Å². The van der Waals surface area contributed by atoms with E-state index in [2.05, 4.69) is 27.7 Å². The zero-order valence-corrected chi connectivity index (χ0v) is 10.4. The Morgan fingerprint density at radius 1 is 1.40 bits per heavy atom. The summed E-state index contributed by atoms with van der Waals surface area (Å²) in [6.07, 6.45) is 5.52. The number of halogens is 1. The van der Waals surface area contributed by atoms with Crippen LogP contribution in [-0.2, 0) is 13.6 Å². The number of rotatable bonds is 2. The zero-order chi connectivity index (χ0) is 10.8. The second-order valence-electron chi connectivity index (χ2n) is 3.34. The van der Waals surface area contributed by atoms with Crippen molar-refractivity contribution in [3.05, 3.63) is 50.2 Å². The summed E-state index contributed by atoms with van der Waals surface area (Å²) in [5, 5.41) is 4.06. The average molecular weight is 315 g/mol. The Morgan fingerprint density at radius 3 is 2.87 bits per heavy atom. The summed E-state index contributed by atoms with van der Waals surface area (Å²) < 4.78 is 4.46. The molecular weight excluding hydrogens is 305 g/mol. The van der Waals surface area contributed by atoms with E-state index in [1.165, 1.54) is 0 Å². The highest BCUT2D eigenvalue weighted by Crippen LogP contribution is 2.03. The Labute approximate surface area is 101 Å². The molecule has 0 aliphatic heterocycles. The first-order valence-electron chi connectivity index (χ1n) is 4.49. The predicted molar refractivity (Wildman–Crippen MR) is 65.7 cm³/mol. The second-order valence-corrected chi connectivity index (χ2v) is 4.58. The normalized spacial score (nSPS) is 10.5. The van der Waals surface area contributed by atoms with Crippen molar-refractivity contribution < 1.29 is 0 Å². The molecule has 0 fully saturated rings. The Morgan fingerprint density at radius 2 is 2.20 bits per heavy atom. The van der Waals surface area contributed by atoms with Crippen LogP contribution in [0.2, 0.25) is 0 Å². The van der Waals surface area contributed by atoms with E-state index in [1.807, 2.05) is 25.5 Å². The van der Waals surface area contributed by atoms with Gasteiger partial charge in [-0.3, -0.25) is 9.48 Å². The second kappa shape index (κ2) is 4.18. The topological polar surface area (TPSA) is 39.8 Å². The summed E-state index contributed by atoms with van der Waals surface area (Å²) in [6, 6.07) is 3.39. The Kier molecular flexibility index (Phi) is 2.90. The van der Waals surface area contributed by atoms with Crippen LogP contribution in [0.15, 0.2) is 35.5 Å². The van der Waals surface area contributed by atoms with Crippen LogP contribution in [0.25, 0.3) is 0 Å². The first-order valence-corrected chi connectivity index (χ1v) is 5.56. The van der Waals surface area contributed by atoms with Gasteiger partial charge in [-0.05, 0) is 28.7 Å². The van der Waals surface area contributed by atoms with E-state index < -0.39 is 0 Å². The molecule has 2 aromatic rings. The number of hydrogen-bond donors (Lipinski definition) is 0. The predicted octanol–water partition coefficient (Wildman–Crippen LogP) is 1.23. The molecule has 0 aromatic carbocycles. The standard InChI is InChI=1S/C10H10IN3O/c1-13-5-8(4-12-13)6-14-7-9(11)2-3-10(14)15/h2-5,7H,6H2,1H3. The lowest BCUT2D eigenvalue weighted by Crippen LogP contribution is -2.18. The molecule has 0 N–H and O–H groups in total. The molecule has 5 heteroatoms. The van der Waals surface area contributed by atoms with E-state index in [-0.39, 0.29) is 5.56 Å². The average Bonchev–Trinajstić information content (AvgIpc) is 2.58. The van der Waals surface area contributed by atoms with Gasteiger partial charge >= 0.3 is 0 Å². The Balaban J connectivity index is 2.31. The van der Waals surface area contributed by atoms with Gasteiger partial charge in [0.15, 0.2) is 0 Å². The summed E-state index contributed by atoms with van der Waals surface area (Å²) in [7, 11) is 1.86. The third-order valence-electron chi connectivity index (χ3n) is 2.06. The molecule has 0 spiro atoms. The summed E-state index contributed by atoms with van der Waals surface area (Å²) in [6.45, 7) is 0.573. The molecule has 15 heavy (non-hydrogen) atoms. The van der Waals surface area contributed by atoms with E-state index in [0.717, 1.165) is 9.13 Å². The minimum atomic E-state index is 0.0132.